The molecular formula is C15H15F3N4S. The maximum absolute atomic E-state index is 13.3. The summed E-state index contributed by atoms with van der Waals surface area (Å²) < 4.78 is 41.3. The Bertz CT molecular complexity index is 752. The molecule has 1 aromatic heterocycles. The van der Waals surface area contributed by atoms with Crippen LogP contribution in [0.15, 0.2) is 24.3 Å². The third-order valence-corrected chi connectivity index (χ3v) is 4.00. The van der Waals surface area contributed by atoms with Gasteiger partial charge in [-0.25, -0.2) is 0 Å². The molecule has 0 spiro atoms. The molecular weight excluding hydrogens is 325 g/mol. The highest BCUT2D eigenvalue weighted by Crippen LogP contribution is 2.40. The van der Waals surface area contributed by atoms with E-state index in [1.165, 1.54) is 16.8 Å². The number of nitrogens with one attached hydrogen (secondary N) is 1. The van der Waals surface area contributed by atoms with E-state index in [0.717, 1.165) is 24.5 Å². The number of fused-ring (bicyclic) bond motifs is 1. The van der Waals surface area contributed by atoms with E-state index in [1.807, 2.05) is 0 Å². The van der Waals surface area contributed by atoms with Crippen molar-refractivity contribution in [1.29, 1.82) is 0 Å². The number of hydrogen-bond donors (Lipinski definition) is 2. The Morgan fingerprint density at radius 2 is 2.00 bits per heavy atom. The van der Waals surface area contributed by atoms with E-state index in [9.17, 15) is 13.2 Å². The summed E-state index contributed by atoms with van der Waals surface area (Å²) in [6.45, 7) is 0.710. The SMILES string of the molecule is NC(=S)n1nc(-c2ccccc2C(F)(F)F)c2c1NCCCC2. The maximum Gasteiger partial charge on any atom is 0.417 e. The fraction of sp³-hybridized carbons (Fsp3) is 0.333. The fourth-order valence-corrected chi connectivity index (χ4v) is 2.95. The first kappa shape index (κ1) is 15.8. The average molecular weight is 340 g/mol. The average Bonchev–Trinajstić information content (AvgIpc) is 2.68. The van der Waals surface area contributed by atoms with Crippen LogP contribution < -0.4 is 11.1 Å². The molecule has 0 fully saturated rings. The third-order valence-electron chi connectivity index (χ3n) is 3.83. The van der Waals surface area contributed by atoms with Gasteiger partial charge in [0.2, 0.25) is 0 Å². The minimum atomic E-state index is -4.45. The number of alkyl halides is 3. The first-order valence-electron chi connectivity index (χ1n) is 7.22. The number of anilines is 1. The van der Waals surface area contributed by atoms with Crippen LogP contribution in [0.3, 0.4) is 0 Å². The van der Waals surface area contributed by atoms with Crippen molar-refractivity contribution < 1.29 is 13.2 Å². The van der Waals surface area contributed by atoms with Crippen LogP contribution in [-0.2, 0) is 12.6 Å². The zero-order valence-electron chi connectivity index (χ0n) is 12.2. The van der Waals surface area contributed by atoms with E-state index < -0.39 is 11.7 Å². The van der Waals surface area contributed by atoms with E-state index in [2.05, 4.69) is 10.4 Å². The first-order chi connectivity index (χ1) is 10.9. The molecule has 3 N–H and O–H groups in total. The summed E-state index contributed by atoms with van der Waals surface area (Å²) in [6, 6.07) is 5.43. The van der Waals surface area contributed by atoms with Gasteiger partial charge in [-0.1, -0.05) is 18.2 Å². The lowest BCUT2D eigenvalue weighted by atomic mass is 9.99. The van der Waals surface area contributed by atoms with Crippen molar-refractivity contribution in [2.75, 3.05) is 11.9 Å². The number of nitrogens with zero attached hydrogens (tertiary/aromatic N) is 2. The molecule has 0 aliphatic carbocycles. The number of halogens is 3. The highest BCUT2D eigenvalue weighted by molar-refractivity contribution is 7.80. The van der Waals surface area contributed by atoms with Crippen LogP contribution in [-0.4, -0.2) is 21.4 Å². The third kappa shape index (κ3) is 2.90. The van der Waals surface area contributed by atoms with Gasteiger partial charge in [-0.15, -0.1) is 0 Å². The summed E-state index contributed by atoms with van der Waals surface area (Å²) >= 11 is 4.98. The molecule has 8 heteroatoms. The van der Waals surface area contributed by atoms with E-state index in [4.69, 9.17) is 18.0 Å². The second-order valence-electron chi connectivity index (χ2n) is 5.35. The van der Waals surface area contributed by atoms with Gasteiger partial charge in [0.05, 0.1) is 11.3 Å². The zero-order valence-corrected chi connectivity index (χ0v) is 13.0. The number of benzene rings is 1. The van der Waals surface area contributed by atoms with Crippen molar-refractivity contribution in [2.24, 2.45) is 5.73 Å². The Balaban J connectivity index is 2.24. The van der Waals surface area contributed by atoms with Gasteiger partial charge in [0.15, 0.2) is 5.11 Å². The largest absolute Gasteiger partial charge is 0.417 e. The van der Waals surface area contributed by atoms with Crippen LogP contribution in [0.25, 0.3) is 11.3 Å². The monoisotopic (exact) mass is 340 g/mol. The molecule has 23 heavy (non-hydrogen) atoms. The Morgan fingerprint density at radius 1 is 1.26 bits per heavy atom. The second kappa shape index (κ2) is 5.84. The van der Waals surface area contributed by atoms with Crippen molar-refractivity contribution in [3.63, 3.8) is 0 Å². The summed E-state index contributed by atoms with van der Waals surface area (Å²) in [7, 11) is 0. The van der Waals surface area contributed by atoms with Crippen LogP contribution in [0.5, 0.6) is 0 Å². The smallest absolute Gasteiger partial charge is 0.374 e. The Labute approximate surface area is 136 Å². The van der Waals surface area contributed by atoms with Gasteiger partial charge in [-0.2, -0.15) is 23.0 Å². The second-order valence-corrected chi connectivity index (χ2v) is 5.77. The van der Waals surface area contributed by atoms with E-state index in [0.29, 0.717) is 18.8 Å². The summed E-state index contributed by atoms with van der Waals surface area (Å²) in [5, 5.41) is 7.45. The minimum Gasteiger partial charge on any atom is -0.374 e. The quantitative estimate of drug-likeness (QED) is 0.781. The van der Waals surface area contributed by atoms with Crippen molar-refractivity contribution in [2.45, 2.75) is 25.4 Å². The Morgan fingerprint density at radius 3 is 2.70 bits per heavy atom. The molecule has 2 heterocycles. The predicted molar refractivity (Wildman–Crippen MR) is 86.3 cm³/mol. The number of aromatic nitrogens is 2. The Hall–Kier alpha value is -2.09. The topological polar surface area (TPSA) is 55.9 Å². The number of rotatable bonds is 1. The van der Waals surface area contributed by atoms with E-state index in [-0.39, 0.29) is 16.4 Å². The standard InChI is InChI=1S/C15H15F3N4S/c16-15(17,18)11-7-2-1-5-9(11)12-10-6-3-4-8-20-13(10)22(21-12)14(19)23/h1-2,5,7,20H,3-4,6,8H2,(H2,19,23). The minimum absolute atomic E-state index is 0.00592. The van der Waals surface area contributed by atoms with Crippen LogP contribution >= 0.6 is 12.2 Å². The molecule has 4 nitrogen and oxygen atoms in total. The lowest BCUT2D eigenvalue weighted by Gasteiger charge is -2.12. The van der Waals surface area contributed by atoms with E-state index in [1.54, 1.807) is 6.07 Å². The number of nitrogens with two attached hydrogens (primary N) is 1. The molecule has 1 aliphatic rings. The molecule has 122 valence electrons. The van der Waals surface area contributed by atoms with Gasteiger partial charge in [0.25, 0.3) is 0 Å². The molecule has 3 rings (SSSR count). The lowest BCUT2D eigenvalue weighted by Crippen LogP contribution is -2.23. The zero-order chi connectivity index (χ0) is 16.6. The van der Waals surface area contributed by atoms with Gasteiger partial charge in [0, 0.05) is 17.7 Å². The van der Waals surface area contributed by atoms with Crippen molar-refractivity contribution in [3.05, 3.63) is 35.4 Å². The van der Waals surface area contributed by atoms with Crippen LogP contribution in [0, 0.1) is 0 Å². The van der Waals surface area contributed by atoms with Crippen LogP contribution in [0.4, 0.5) is 19.0 Å². The molecule has 0 saturated carbocycles. The normalized spacial score (nSPS) is 14.7. The molecule has 0 bridgehead atoms. The summed E-state index contributed by atoms with van der Waals surface area (Å²) in [4.78, 5) is 0. The molecule has 2 aromatic rings. The van der Waals surface area contributed by atoms with Gasteiger partial charge in [-0.05, 0) is 37.5 Å². The summed E-state index contributed by atoms with van der Waals surface area (Å²) in [5.74, 6) is 0.599. The van der Waals surface area contributed by atoms with Gasteiger partial charge in [0.1, 0.15) is 5.82 Å². The molecule has 0 saturated heterocycles. The van der Waals surface area contributed by atoms with Gasteiger partial charge < -0.3 is 11.1 Å². The van der Waals surface area contributed by atoms with Crippen molar-refractivity contribution in [3.8, 4) is 11.3 Å². The van der Waals surface area contributed by atoms with Crippen molar-refractivity contribution >= 4 is 23.1 Å². The van der Waals surface area contributed by atoms with Gasteiger partial charge >= 0.3 is 6.18 Å². The number of hydrogen-bond acceptors (Lipinski definition) is 3. The maximum atomic E-state index is 13.3. The van der Waals surface area contributed by atoms with Crippen LogP contribution in [0.2, 0.25) is 0 Å². The predicted octanol–water partition coefficient (Wildman–Crippen LogP) is 3.41. The van der Waals surface area contributed by atoms with E-state index >= 15 is 0 Å². The lowest BCUT2D eigenvalue weighted by molar-refractivity contribution is -0.137. The van der Waals surface area contributed by atoms with Gasteiger partial charge in [-0.3, -0.25) is 0 Å². The molecule has 1 aromatic carbocycles. The molecule has 0 unspecified atom stereocenters. The summed E-state index contributed by atoms with van der Waals surface area (Å²) in [6.07, 6.45) is -2.03. The molecule has 1 aliphatic heterocycles. The molecule has 0 amide bonds. The number of thiocarbonyl (C=S) groups is 1. The van der Waals surface area contributed by atoms with Crippen LogP contribution in [0.1, 0.15) is 24.0 Å². The molecule has 0 radical (unpaired) electrons. The summed E-state index contributed by atoms with van der Waals surface area (Å²) in [5.41, 5.74) is 6.03. The van der Waals surface area contributed by atoms with Crippen molar-refractivity contribution in [1.82, 2.24) is 9.78 Å². The molecule has 0 atom stereocenters. The Kier molecular flexibility index (Phi) is 4.01. The highest BCUT2D eigenvalue weighted by atomic mass is 32.1. The highest BCUT2D eigenvalue weighted by Gasteiger charge is 2.35. The fourth-order valence-electron chi connectivity index (χ4n) is 2.81. The first-order valence-corrected chi connectivity index (χ1v) is 7.62.